The summed E-state index contributed by atoms with van der Waals surface area (Å²) in [6.45, 7) is 2.91. The first kappa shape index (κ1) is 20.1. The summed E-state index contributed by atoms with van der Waals surface area (Å²) in [5, 5.41) is -0.146. The highest BCUT2D eigenvalue weighted by Gasteiger charge is 2.70. The number of halogens is 1. The molecule has 0 heterocycles. The first-order chi connectivity index (χ1) is 12.9. The number of methoxy groups -OCH3 is 1. The van der Waals surface area contributed by atoms with Crippen molar-refractivity contribution in [2.24, 2.45) is 11.1 Å². The van der Waals surface area contributed by atoms with E-state index in [9.17, 15) is 8.42 Å². The van der Waals surface area contributed by atoms with Crippen LogP contribution in [0.4, 0.5) is 0 Å². The minimum Gasteiger partial charge on any atom is -0.497 e. The van der Waals surface area contributed by atoms with Gasteiger partial charge in [-0.3, -0.25) is 0 Å². The molecule has 3 atom stereocenters. The number of ether oxygens (including phenoxy) is 2. The molecule has 2 aromatic carbocycles. The van der Waals surface area contributed by atoms with Crippen molar-refractivity contribution in [2.45, 2.75) is 23.0 Å². The molecule has 1 aliphatic rings. The van der Waals surface area contributed by atoms with Crippen molar-refractivity contribution < 1.29 is 17.9 Å². The molecule has 3 rings (SSSR count). The Balaban J connectivity index is 2.02. The van der Waals surface area contributed by atoms with E-state index in [1.54, 1.807) is 31.4 Å². The maximum Gasteiger partial charge on any atom is 0.182 e. The normalized spacial score (nSPS) is 24.6. The largest absolute Gasteiger partial charge is 0.497 e. The fourth-order valence-corrected chi connectivity index (χ4v) is 6.37. The van der Waals surface area contributed by atoms with E-state index in [4.69, 9.17) is 26.8 Å². The van der Waals surface area contributed by atoms with Gasteiger partial charge in [0.1, 0.15) is 5.75 Å². The zero-order valence-electron chi connectivity index (χ0n) is 15.4. The van der Waals surface area contributed by atoms with Crippen LogP contribution in [0, 0.1) is 5.41 Å². The molecule has 0 amide bonds. The molecule has 0 bridgehead atoms. The second-order valence-electron chi connectivity index (χ2n) is 6.74. The van der Waals surface area contributed by atoms with E-state index in [1.807, 2.05) is 31.2 Å². The molecule has 0 spiro atoms. The summed E-state index contributed by atoms with van der Waals surface area (Å²) in [5.41, 5.74) is 6.36. The predicted molar refractivity (Wildman–Crippen MR) is 106 cm³/mol. The Kier molecular flexibility index (Phi) is 5.82. The van der Waals surface area contributed by atoms with Crippen molar-refractivity contribution in [3.05, 3.63) is 59.1 Å². The summed E-state index contributed by atoms with van der Waals surface area (Å²) in [5.74, 6) is 0.486. The van der Waals surface area contributed by atoms with Crippen molar-refractivity contribution >= 4 is 21.4 Å². The minimum absolute atomic E-state index is 0.223. The Morgan fingerprint density at radius 1 is 1.11 bits per heavy atom. The lowest BCUT2D eigenvalue weighted by Gasteiger charge is -2.16. The molecular formula is C20H24ClNO4S. The lowest BCUT2D eigenvalue weighted by atomic mass is 10.00. The molecule has 2 N–H and O–H groups in total. The summed E-state index contributed by atoms with van der Waals surface area (Å²) < 4.78 is 37.6. The highest BCUT2D eigenvalue weighted by atomic mass is 35.5. The topological polar surface area (TPSA) is 78.6 Å². The van der Waals surface area contributed by atoms with Crippen molar-refractivity contribution in [2.75, 3.05) is 26.9 Å². The van der Waals surface area contributed by atoms with Gasteiger partial charge >= 0.3 is 0 Å². The maximum absolute atomic E-state index is 13.4. The number of hydrogen-bond donors (Lipinski definition) is 1. The van der Waals surface area contributed by atoms with Crippen LogP contribution in [0.5, 0.6) is 5.75 Å². The van der Waals surface area contributed by atoms with E-state index in [1.165, 1.54) is 0 Å². The first-order valence-corrected chi connectivity index (χ1v) is 10.7. The molecule has 0 unspecified atom stereocenters. The van der Waals surface area contributed by atoms with Gasteiger partial charge in [0, 0.05) is 29.5 Å². The molecule has 0 radical (unpaired) electrons. The molecule has 0 aliphatic heterocycles. The fraction of sp³-hybridized carbons (Fsp3) is 0.400. The monoisotopic (exact) mass is 409 g/mol. The molecule has 0 aromatic heterocycles. The van der Waals surface area contributed by atoms with Crippen molar-refractivity contribution in [1.29, 1.82) is 0 Å². The SMILES string of the molecule is CCOC[C@@]1(CN)[C@H](c2ccc(OC)cc2)[C@@H]1S(=O)(=O)c1ccc(Cl)cc1. The average Bonchev–Trinajstić information content (AvgIpc) is 3.37. The number of hydrogen-bond acceptors (Lipinski definition) is 5. The zero-order valence-corrected chi connectivity index (χ0v) is 17.0. The van der Waals surface area contributed by atoms with Gasteiger partial charge in [-0.1, -0.05) is 23.7 Å². The third-order valence-corrected chi connectivity index (χ3v) is 7.88. The summed E-state index contributed by atoms with van der Waals surface area (Å²) in [6.07, 6.45) is 0. The lowest BCUT2D eigenvalue weighted by molar-refractivity contribution is 0.101. The molecular weight excluding hydrogens is 386 g/mol. The lowest BCUT2D eigenvalue weighted by Crippen LogP contribution is -2.29. The van der Waals surface area contributed by atoms with Crippen LogP contribution in [-0.4, -0.2) is 40.5 Å². The number of sulfone groups is 1. The quantitative estimate of drug-likeness (QED) is 0.723. The zero-order chi connectivity index (χ0) is 19.7. The number of rotatable bonds is 8. The van der Waals surface area contributed by atoms with Crippen LogP contribution in [0.2, 0.25) is 5.02 Å². The molecule has 5 nitrogen and oxygen atoms in total. The van der Waals surface area contributed by atoms with E-state index in [0.717, 1.165) is 11.3 Å². The minimum atomic E-state index is -3.60. The molecule has 2 aromatic rings. The maximum atomic E-state index is 13.4. The molecule has 1 fully saturated rings. The Labute approximate surface area is 165 Å². The van der Waals surface area contributed by atoms with E-state index in [0.29, 0.717) is 18.2 Å². The second kappa shape index (κ2) is 7.80. The average molecular weight is 410 g/mol. The van der Waals surface area contributed by atoms with Crippen LogP contribution in [0.25, 0.3) is 0 Å². The third kappa shape index (κ3) is 3.59. The number of benzene rings is 2. The molecule has 7 heteroatoms. The van der Waals surface area contributed by atoms with Gasteiger partial charge < -0.3 is 15.2 Å². The second-order valence-corrected chi connectivity index (χ2v) is 9.25. The van der Waals surface area contributed by atoms with Crippen LogP contribution in [-0.2, 0) is 14.6 Å². The predicted octanol–water partition coefficient (Wildman–Crippen LogP) is 3.27. The summed E-state index contributed by atoms with van der Waals surface area (Å²) >= 11 is 5.92. The van der Waals surface area contributed by atoms with Gasteiger partial charge in [0.25, 0.3) is 0 Å². The van der Waals surface area contributed by atoms with Gasteiger partial charge in [-0.15, -0.1) is 0 Å². The Bertz CT molecular complexity index is 883. The van der Waals surface area contributed by atoms with Gasteiger partial charge in [-0.05, 0) is 48.9 Å². The van der Waals surface area contributed by atoms with Gasteiger partial charge in [0.15, 0.2) is 9.84 Å². The fourth-order valence-electron chi connectivity index (χ4n) is 3.80. The van der Waals surface area contributed by atoms with Gasteiger partial charge in [0.2, 0.25) is 0 Å². The van der Waals surface area contributed by atoms with Crippen LogP contribution in [0.15, 0.2) is 53.4 Å². The van der Waals surface area contributed by atoms with Crippen LogP contribution >= 0.6 is 11.6 Å². The summed E-state index contributed by atoms with van der Waals surface area (Å²) in [4.78, 5) is 0.252. The standard InChI is InChI=1S/C20H24ClNO4S/c1-3-26-13-20(12-22)18(14-4-8-16(25-2)9-5-14)19(20)27(23,24)17-10-6-15(21)7-11-17/h4-11,18-19H,3,12-13,22H2,1-2H3/t18-,19+,20+/m1/s1. The van der Waals surface area contributed by atoms with E-state index in [2.05, 4.69) is 0 Å². The van der Waals surface area contributed by atoms with Crippen molar-refractivity contribution in [1.82, 2.24) is 0 Å². The third-order valence-electron chi connectivity index (χ3n) is 5.29. The molecule has 27 heavy (non-hydrogen) atoms. The summed E-state index contributed by atoms with van der Waals surface area (Å²) in [6, 6.07) is 13.7. The molecule has 146 valence electrons. The molecule has 1 aliphatic carbocycles. The van der Waals surface area contributed by atoms with Crippen molar-refractivity contribution in [3.63, 3.8) is 0 Å². The smallest absolute Gasteiger partial charge is 0.182 e. The highest BCUT2D eigenvalue weighted by molar-refractivity contribution is 7.92. The van der Waals surface area contributed by atoms with E-state index >= 15 is 0 Å². The Morgan fingerprint density at radius 2 is 1.74 bits per heavy atom. The molecule has 1 saturated carbocycles. The Morgan fingerprint density at radius 3 is 2.26 bits per heavy atom. The number of nitrogens with two attached hydrogens (primary N) is 1. The van der Waals surface area contributed by atoms with E-state index < -0.39 is 20.5 Å². The van der Waals surface area contributed by atoms with Crippen LogP contribution in [0.1, 0.15) is 18.4 Å². The van der Waals surface area contributed by atoms with E-state index in [-0.39, 0.29) is 17.4 Å². The van der Waals surface area contributed by atoms with Gasteiger partial charge in [-0.2, -0.15) is 0 Å². The highest BCUT2D eigenvalue weighted by Crippen LogP contribution is 2.63. The molecule has 0 saturated heterocycles. The van der Waals surface area contributed by atoms with Crippen LogP contribution in [0.3, 0.4) is 0 Å². The first-order valence-electron chi connectivity index (χ1n) is 8.82. The van der Waals surface area contributed by atoms with Gasteiger partial charge in [0.05, 0.1) is 23.9 Å². The van der Waals surface area contributed by atoms with Gasteiger partial charge in [-0.25, -0.2) is 8.42 Å². The summed E-state index contributed by atoms with van der Waals surface area (Å²) in [7, 11) is -2.00. The Hall–Kier alpha value is -1.60. The van der Waals surface area contributed by atoms with Crippen LogP contribution < -0.4 is 10.5 Å². The van der Waals surface area contributed by atoms with Crippen molar-refractivity contribution in [3.8, 4) is 5.75 Å².